The first-order valence-corrected chi connectivity index (χ1v) is 7.51. The first kappa shape index (κ1) is 15.4. The number of aliphatic hydroxyl groups is 2. The molecule has 0 saturated carbocycles. The lowest BCUT2D eigenvalue weighted by Crippen LogP contribution is -2.28. The molecular formula is C15H19BrN2O2. The fourth-order valence-electron chi connectivity index (χ4n) is 2.29. The van der Waals surface area contributed by atoms with Crippen molar-refractivity contribution in [2.24, 2.45) is 0 Å². The summed E-state index contributed by atoms with van der Waals surface area (Å²) in [5.74, 6) is 0. The number of hydrogen-bond donors (Lipinski definition) is 2. The largest absolute Gasteiger partial charge is 0.396 e. The van der Waals surface area contributed by atoms with E-state index in [0.29, 0.717) is 19.5 Å². The molecule has 0 bridgehead atoms. The number of aromatic nitrogens is 1. The molecule has 1 heterocycles. The Morgan fingerprint density at radius 3 is 2.75 bits per heavy atom. The van der Waals surface area contributed by atoms with E-state index in [1.54, 1.807) is 6.20 Å². The van der Waals surface area contributed by atoms with E-state index in [2.05, 4.69) is 37.9 Å². The summed E-state index contributed by atoms with van der Waals surface area (Å²) in [5.41, 5.74) is 2.11. The molecule has 0 aliphatic carbocycles. The molecule has 5 heteroatoms. The maximum atomic E-state index is 9.15. The molecule has 2 aromatic rings. The average molecular weight is 339 g/mol. The van der Waals surface area contributed by atoms with Crippen LogP contribution in [0, 0.1) is 0 Å². The molecule has 108 valence electrons. The van der Waals surface area contributed by atoms with Crippen molar-refractivity contribution < 1.29 is 10.2 Å². The third-order valence-electron chi connectivity index (χ3n) is 3.19. The Balaban J connectivity index is 2.26. The second kappa shape index (κ2) is 7.69. The quantitative estimate of drug-likeness (QED) is 0.812. The van der Waals surface area contributed by atoms with Crippen LogP contribution in [-0.4, -0.2) is 46.4 Å². The molecule has 0 saturated heterocycles. The fourth-order valence-corrected chi connectivity index (χ4v) is 2.82. The maximum Gasteiger partial charge on any atom is 0.0747 e. The van der Waals surface area contributed by atoms with Gasteiger partial charge in [-0.3, -0.25) is 9.88 Å². The van der Waals surface area contributed by atoms with Crippen LogP contribution in [0.15, 0.2) is 34.9 Å². The monoisotopic (exact) mass is 338 g/mol. The van der Waals surface area contributed by atoms with Gasteiger partial charge in [-0.25, -0.2) is 0 Å². The standard InChI is InChI=1S/C15H19BrN2O2/c16-14-9-12-3-1-4-17-15(12)13(10-14)11-18(6-8-20)5-2-7-19/h1,3-4,9-10,19-20H,2,5-8,11H2. The smallest absolute Gasteiger partial charge is 0.0747 e. The molecule has 0 unspecified atom stereocenters. The number of rotatable bonds is 7. The van der Waals surface area contributed by atoms with Crippen molar-refractivity contribution in [1.29, 1.82) is 0 Å². The lowest BCUT2D eigenvalue weighted by molar-refractivity contribution is 0.174. The van der Waals surface area contributed by atoms with Crippen LogP contribution in [0.3, 0.4) is 0 Å². The molecule has 20 heavy (non-hydrogen) atoms. The minimum atomic E-state index is 0.116. The molecule has 2 N–H and O–H groups in total. The van der Waals surface area contributed by atoms with E-state index in [1.807, 2.05) is 12.1 Å². The Bertz CT molecular complexity index is 563. The molecule has 0 atom stereocenters. The molecule has 0 radical (unpaired) electrons. The molecule has 4 nitrogen and oxygen atoms in total. The lowest BCUT2D eigenvalue weighted by Gasteiger charge is -2.21. The van der Waals surface area contributed by atoms with E-state index in [-0.39, 0.29) is 13.2 Å². The van der Waals surface area contributed by atoms with Gasteiger partial charge in [0.2, 0.25) is 0 Å². The summed E-state index contributed by atoms with van der Waals surface area (Å²) in [5, 5.41) is 19.2. The van der Waals surface area contributed by atoms with Crippen LogP contribution in [0.1, 0.15) is 12.0 Å². The van der Waals surface area contributed by atoms with Crippen LogP contribution >= 0.6 is 15.9 Å². The highest BCUT2D eigenvalue weighted by molar-refractivity contribution is 9.10. The first-order chi connectivity index (χ1) is 9.74. The van der Waals surface area contributed by atoms with Gasteiger partial charge in [-0.2, -0.15) is 0 Å². The first-order valence-electron chi connectivity index (χ1n) is 6.72. The van der Waals surface area contributed by atoms with Gasteiger partial charge < -0.3 is 10.2 Å². The van der Waals surface area contributed by atoms with Crippen molar-refractivity contribution in [2.45, 2.75) is 13.0 Å². The van der Waals surface area contributed by atoms with Crippen molar-refractivity contribution in [3.05, 3.63) is 40.5 Å². The van der Waals surface area contributed by atoms with Gasteiger partial charge in [-0.15, -0.1) is 0 Å². The number of pyridine rings is 1. The number of benzene rings is 1. The van der Waals surface area contributed by atoms with Crippen LogP contribution in [0.2, 0.25) is 0 Å². The van der Waals surface area contributed by atoms with Crippen LogP contribution in [0.25, 0.3) is 10.9 Å². The summed E-state index contributed by atoms with van der Waals surface area (Å²) in [4.78, 5) is 6.59. The Morgan fingerprint density at radius 2 is 2.00 bits per heavy atom. The SMILES string of the molecule is OCCCN(CCO)Cc1cc(Br)cc2cccnc12. The molecule has 1 aromatic heterocycles. The average Bonchev–Trinajstić information content (AvgIpc) is 2.44. The van der Waals surface area contributed by atoms with Crippen molar-refractivity contribution in [3.8, 4) is 0 Å². The third-order valence-corrected chi connectivity index (χ3v) is 3.65. The van der Waals surface area contributed by atoms with Gasteiger partial charge in [0.1, 0.15) is 0 Å². The number of fused-ring (bicyclic) bond motifs is 1. The highest BCUT2D eigenvalue weighted by Gasteiger charge is 2.10. The molecule has 0 aliphatic heterocycles. The lowest BCUT2D eigenvalue weighted by atomic mass is 10.1. The highest BCUT2D eigenvalue weighted by Crippen LogP contribution is 2.23. The number of hydrogen-bond acceptors (Lipinski definition) is 4. The number of nitrogens with zero attached hydrogens (tertiary/aromatic N) is 2. The van der Waals surface area contributed by atoms with Gasteiger partial charge in [-0.1, -0.05) is 22.0 Å². The number of halogens is 1. The molecule has 0 aliphatic rings. The molecule has 0 spiro atoms. The minimum Gasteiger partial charge on any atom is -0.396 e. The fraction of sp³-hybridized carbons (Fsp3) is 0.400. The maximum absolute atomic E-state index is 9.15. The normalized spacial score (nSPS) is 11.4. The Hall–Kier alpha value is -1.01. The highest BCUT2D eigenvalue weighted by atomic mass is 79.9. The summed E-state index contributed by atoms with van der Waals surface area (Å²) < 4.78 is 1.03. The van der Waals surface area contributed by atoms with Gasteiger partial charge >= 0.3 is 0 Å². The third kappa shape index (κ3) is 3.99. The second-order valence-corrected chi connectivity index (χ2v) is 5.63. The Kier molecular flexibility index (Phi) is 5.91. The van der Waals surface area contributed by atoms with E-state index in [0.717, 1.165) is 27.5 Å². The predicted octanol–water partition coefficient (Wildman–Crippen LogP) is 2.17. The summed E-state index contributed by atoms with van der Waals surface area (Å²) in [6.07, 6.45) is 2.50. The van der Waals surface area contributed by atoms with E-state index >= 15 is 0 Å². The van der Waals surface area contributed by atoms with Crippen molar-refractivity contribution in [1.82, 2.24) is 9.88 Å². The Morgan fingerprint density at radius 1 is 1.15 bits per heavy atom. The van der Waals surface area contributed by atoms with Gasteiger partial charge in [0.15, 0.2) is 0 Å². The van der Waals surface area contributed by atoms with E-state index < -0.39 is 0 Å². The summed E-state index contributed by atoms with van der Waals surface area (Å²) in [6, 6.07) is 8.09. The van der Waals surface area contributed by atoms with Crippen LogP contribution in [-0.2, 0) is 6.54 Å². The van der Waals surface area contributed by atoms with Gasteiger partial charge in [0, 0.05) is 42.3 Å². The Labute approximate surface area is 127 Å². The van der Waals surface area contributed by atoms with Gasteiger partial charge in [0.05, 0.1) is 12.1 Å². The number of aliphatic hydroxyl groups excluding tert-OH is 2. The molecule has 0 amide bonds. The summed E-state index contributed by atoms with van der Waals surface area (Å²) in [7, 11) is 0. The van der Waals surface area contributed by atoms with E-state index in [4.69, 9.17) is 10.2 Å². The predicted molar refractivity (Wildman–Crippen MR) is 83.5 cm³/mol. The van der Waals surface area contributed by atoms with Crippen LogP contribution in [0.5, 0.6) is 0 Å². The zero-order valence-corrected chi connectivity index (χ0v) is 12.9. The molecular weight excluding hydrogens is 320 g/mol. The molecule has 0 fully saturated rings. The van der Waals surface area contributed by atoms with E-state index in [9.17, 15) is 0 Å². The zero-order chi connectivity index (χ0) is 14.4. The summed E-state index contributed by atoms with van der Waals surface area (Å²) >= 11 is 3.53. The van der Waals surface area contributed by atoms with E-state index in [1.165, 1.54) is 0 Å². The van der Waals surface area contributed by atoms with Gasteiger partial charge in [0.25, 0.3) is 0 Å². The minimum absolute atomic E-state index is 0.116. The van der Waals surface area contributed by atoms with Crippen molar-refractivity contribution in [3.63, 3.8) is 0 Å². The zero-order valence-electron chi connectivity index (χ0n) is 11.3. The molecule has 1 aromatic carbocycles. The van der Waals surface area contributed by atoms with Crippen molar-refractivity contribution >= 4 is 26.8 Å². The summed E-state index contributed by atoms with van der Waals surface area (Å²) in [6.45, 7) is 2.36. The van der Waals surface area contributed by atoms with Crippen molar-refractivity contribution in [2.75, 3.05) is 26.3 Å². The topological polar surface area (TPSA) is 56.6 Å². The molecule has 2 rings (SSSR count). The second-order valence-electron chi connectivity index (χ2n) is 4.72. The van der Waals surface area contributed by atoms with Gasteiger partial charge in [-0.05, 0) is 30.2 Å². The van der Waals surface area contributed by atoms with Crippen LogP contribution in [0.4, 0.5) is 0 Å². The van der Waals surface area contributed by atoms with Crippen LogP contribution < -0.4 is 0 Å².